The predicted octanol–water partition coefficient (Wildman–Crippen LogP) is 4.06. The normalized spacial score (nSPS) is 20.5. The molecule has 1 N–H and O–H groups in total. The first-order valence-corrected chi connectivity index (χ1v) is 10.5. The molecule has 2 fully saturated rings. The number of pyridine rings is 1. The third kappa shape index (κ3) is 7.29. The number of alkyl halides is 3. The average Bonchev–Trinajstić information content (AvgIpc) is 3.18. The maximum absolute atomic E-state index is 10.6. The molecule has 9 heteroatoms. The first kappa shape index (κ1) is 24.2. The Morgan fingerprint density at radius 2 is 1.81 bits per heavy atom. The van der Waals surface area contributed by atoms with Gasteiger partial charge in [-0.3, -0.25) is 9.88 Å². The van der Waals surface area contributed by atoms with Crippen molar-refractivity contribution in [1.82, 2.24) is 9.88 Å². The van der Waals surface area contributed by atoms with E-state index in [0.717, 1.165) is 45.5 Å². The van der Waals surface area contributed by atoms with Crippen molar-refractivity contribution in [2.45, 2.75) is 50.3 Å². The molecule has 32 heavy (non-hydrogen) atoms. The highest BCUT2D eigenvalue weighted by Crippen LogP contribution is 2.37. The van der Waals surface area contributed by atoms with E-state index in [2.05, 4.69) is 40.2 Å². The number of likely N-dealkylation sites (tertiary alicyclic amines) is 1. The molecule has 1 aromatic heterocycles. The zero-order chi connectivity index (χ0) is 23.0. The van der Waals surface area contributed by atoms with Crippen LogP contribution in [0.5, 0.6) is 0 Å². The molecule has 3 heterocycles. The fourth-order valence-corrected chi connectivity index (χ4v) is 3.91. The van der Waals surface area contributed by atoms with Crippen molar-refractivity contribution in [1.29, 1.82) is 0 Å². The number of piperidine rings is 1. The highest BCUT2D eigenvalue weighted by molar-refractivity contribution is 5.73. The van der Waals surface area contributed by atoms with Crippen molar-refractivity contribution in [3.05, 3.63) is 66.0 Å². The van der Waals surface area contributed by atoms with E-state index in [-0.39, 0.29) is 11.7 Å². The quantitative estimate of drug-likeness (QED) is 0.738. The summed E-state index contributed by atoms with van der Waals surface area (Å²) in [6.07, 6.45) is 2.16. The Labute approximate surface area is 185 Å². The van der Waals surface area contributed by atoms with Crippen molar-refractivity contribution < 1.29 is 32.5 Å². The van der Waals surface area contributed by atoms with Gasteiger partial charge in [-0.05, 0) is 30.0 Å². The Balaban J connectivity index is 0.000000360. The monoisotopic (exact) mass is 452 g/mol. The van der Waals surface area contributed by atoms with Crippen molar-refractivity contribution >= 4 is 5.97 Å². The minimum Gasteiger partial charge on any atom is -0.475 e. The van der Waals surface area contributed by atoms with Crippen LogP contribution in [-0.2, 0) is 27.4 Å². The van der Waals surface area contributed by atoms with E-state index in [1.54, 1.807) is 0 Å². The van der Waals surface area contributed by atoms with E-state index in [1.807, 2.05) is 24.5 Å². The lowest BCUT2D eigenvalue weighted by Crippen LogP contribution is -2.43. The molecule has 0 radical (unpaired) electrons. The second kappa shape index (κ2) is 10.9. The lowest BCUT2D eigenvalue weighted by atomic mass is 9.88. The van der Waals surface area contributed by atoms with Crippen molar-refractivity contribution in [3.63, 3.8) is 0 Å². The van der Waals surface area contributed by atoms with Gasteiger partial charge in [0, 0.05) is 38.4 Å². The third-order valence-electron chi connectivity index (χ3n) is 5.64. The van der Waals surface area contributed by atoms with E-state index in [1.165, 1.54) is 11.1 Å². The van der Waals surface area contributed by atoms with E-state index >= 15 is 0 Å². The number of nitrogens with zero attached hydrogens (tertiary/aromatic N) is 2. The van der Waals surface area contributed by atoms with E-state index < -0.39 is 12.1 Å². The number of carboxylic acid groups (broad SMARTS) is 1. The molecule has 1 aromatic carbocycles. The van der Waals surface area contributed by atoms with Crippen molar-refractivity contribution in [3.8, 4) is 0 Å². The standard InChI is InChI=1S/C21H26N2O2.C2HF3O2/c1-2-5-18(6-3-1)16-24-20-13-21(25-17-20)8-11-23(12-9-21)15-19-7-4-10-22-14-19;3-2(4,5)1(6)7/h1-7,10,14,20H,8-9,11-13,15-17H2;(H,6,7). The second-order valence-corrected chi connectivity index (χ2v) is 8.06. The number of aliphatic carboxylic acids is 1. The average molecular weight is 452 g/mol. The summed E-state index contributed by atoms with van der Waals surface area (Å²) in [6, 6.07) is 14.5. The zero-order valence-electron chi connectivity index (χ0n) is 17.6. The number of halogens is 3. The van der Waals surface area contributed by atoms with Gasteiger partial charge in [-0.25, -0.2) is 4.79 Å². The van der Waals surface area contributed by atoms with Crippen LogP contribution in [0.3, 0.4) is 0 Å². The molecule has 2 aliphatic rings. The number of rotatable bonds is 5. The summed E-state index contributed by atoms with van der Waals surface area (Å²) in [7, 11) is 0. The van der Waals surface area contributed by atoms with Gasteiger partial charge in [0.2, 0.25) is 0 Å². The summed E-state index contributed by atoms with van der Waals surface area (Å²) in [5.74, 6) is -2.76. The molecule has 6 nitrogen and oxygen atoms in total. The van der Waals surface area contributed by atoms with Crippen LogP contribution >= 0.6 is 0 Å². The summed E-state index contributed by atoms with van der Waals surface area (Å²) in [5.41, 5.74) is 2.55. The molecule has 0 saturated carbocycles. The molecule has 1 spiro atoms. The topological polar surface area (TPSA) is 71.9 Å². The molecular weight excluding hydrogens is 425 g/mol. The van der Waals surface area contributed by atoms with Gasteiger partial charge in [0.15, 0.2) is 0 Å². The summed E-state index contributed by atoms with van der Waals surface area (Å²) >= 11 is 0. The van der Waals surface area contributed by atoms with Gasteiger partial charge >= 0.3 is 12.1 Å². The SMILES string of the molecule is O=C(O)C(F)(F)F.c1ccc(COC2COC3(CCN(Cc4cccnc4)CC3)C2)cc1. The van der Waals surface area contributed by atoms with Gasteiger partial charge in [0.25, 0.3) is 0 Å². The predicted molar refractivity (Wildman–Crippen MR) is 111 cm³/mol. The van der Waals surface area contributed by atoms with Crippen LogP contribution in [-0.4, -0.2) is 58.5 Å². The fourth-order valence-electron chi connectivity index (χ4n) is 3.91. The van der Waals surface area contributed by atoms with Crippen LogP contribution in [0.25, 0.3) is 0 Å². The van der Waals surface area contributed by atoms with Gasteiger partial charge in [-0.2, -0.15) is 13.2 Å². The fraction of sp³-hybridized carbons (Fsp3) is 0.478. The molecule has 0 amide bonds. The smallest absolute Gasteiger partial charge is 0.475 e. The lowest BCUT2D eigenvalue weighted by molar-refractivity contribution is -0.192. The largest absolute Gasteiger partial charge is 0.490 e. The van der Waals surface area contributed by atoms with E-state index in [0.29, 0.717) is 6.61 Å². The molecule has 2 aliphatic heterocycles. The summed E-state index contributed by atoms with van der Waals surface area (Å²) in [5, 5.41) is 7.12. The van der Waals surface area contributed by atoms with Crippen molar-refractivity contribution in [2.75, 3.05) is 19.7 Å². The third-order valence-corrected chi connectivity index (χ3v) is 5.64. The van der Waals surface area contributed by atoms with Crippen LogP contribution < -0.4 is 0 Å². The number of ether oxygens (including phenoxy) is 2. The molecule has 1 unspecified atom stereocenters. The van der Waals surface area contributed by atoms with Crippen molar-refractivity contribution in [2.24, 2.45) is 0 Å². The number of carboxylic acids is 1. The number of benzene rings is 1. The van der Waals surface area contributed by atoms with Gasteiger partial charge in [0.05, 0.1) is 24.9 Å². The van der Waals surface area contributed by atoms with Crippen LogP contribution in [0.4, 0.5) is 13.2 Å². The molecule has 1 atom stereocenters. The minimum atomic E-state index is -5.08. The molecular formula is C23H27F3N2O4. The Bertz CT molecular complexity index is 841. The molecule has 2 saturated heterocycles. The Kier molecular flexibility index (Phi) is 8.22. The van der Waals surface area contributed by atoms with Gasteiger partial charge in [-0.15, -0.1) is 0 Å². The molecule has 4 rings (SSSR count). The number of hydrogen-bond donors (Lipinski definition) is 1. The maximum Gasteiger partial charge on any atom is 0.490 e. The Morgan fingerprint density at radius 3 is 2.41 bits per heavy atom. The maximum atomic E-state index is 10.6. The molecule has 2 aromatic rings. The van der Waals surface area contributed by atoms with Gasteiger partial charge < -0.3 is 14.6 Å². The van der Waals surface area contributed by atoms with Gasteiger partial charge in [0.1, 0.15) is 0 Å². The number of aromatic nitrogens is 1. The van der Waals surface area contributed by atoms with Crippen LogP contribution in [0.15, 0.2) is 54.9 Å². The highest BCUT2D eigenvalue weighted by Gasteiger charge is 2.43. The second-order valence-electron chi connectivity index (χ2n) is 8.06. The summed E-state index contributed by atoms with van der Waals surface area (Å²) in [4.78, 5) is 15.6. The number of carbonyl (C=O) groups is 1. The number of hydrogen-bond acceptors (Lipinski definition) is 5. The van der Waals surface area contributed by atoms with Crippen LogP contribution in [0, 0.1) is 0 Å². The van der Waals surface area contributed by atoms with E-state index in [9.17, 15) is 13.2 Å². The highest BCUT2D eigenvalue weighted by atomic mass is 19.4. The molecule has 0 aliphatic carbocycles. The van der Waals surface area contributed by atoms with E-state index in [4.69, 9.17) is 19.4 Å². The summed E-state index contributed by atoms with van der Waals surface area (Å²) < 4.78 is 44.0. The lowest BCUT2D eigenvalue weighted by Gasteiger charge is -2.38. The molecule has 174 valence electrons. The summed E-state index contributed by atoms with van der Waals surface area (Å²) in [6.45, 7) is 4.56. The first-order valence-electron chi connectivity index (χ1n) is 10.5. The zero-order valence-corrected chi connectivity index (χ0v) is 17.6. The molecule has 0 bridgehead atoms. The Hall–Kier alpha value is -2.49. The Morgan fingerprint density at radius 1 is 1.16 bits per heavy atom. The van der Waals surface area contributed by atoms with Gasteiger partial charge in [-0.1, -0.05) is 36.4 Å². The van der Waals surface area contributed by atoms with Crippen LogP contribution in [0.2, 0.25) is 0 Å². The minimum absolute atomic E-state index is 0.0345. The van der Waals surface area contributed by atoms with Crippen LogP contribution in [0.1, 0.15) is 30.4 Å². The first-order chi connectivity index (χ1) is 15.3.